The molecule has 7 nitrogen and oxygen atoms in total. The predicted octanol–water partition coefficient (Wildman–Crippen LogP) is 3.77. The van der Waals surface area contributed by atoms with Crippen LogP contribution >= 0.6 is 0 Å². The minimum absolute atomic E-state index is 0.0665. The normalized spacial score (nSPS) is 11.0. The predicted molar refractivity (Wildman–Crippen MR) is 120 cm³/mol. The summed E-state index contributed by atoms with van der Waals surface area (Å²) in [6, 6.07) is 22.8. The van der Waals surface area contributed by atoms with E-state index in [9.17, 15) is 10.1 Å². The molecule has 0 bridgehead atoms. The van der Waals surface area contributed by atoms with Gasteiger partial charge in [-0.2, -0.15) is 20.9 Å². The third-order valence-corrected chi connectivity index (χ3v) is 4.44. The molecule has 0 atom stereocenters. The molecule has 0 aromatic heterocycles. The van der Waals surface area contributed by atoms with Crippen molar-refractivity contribution < 1.29 is 4.79 Å². The molecule has 0 unspecified atom stereocenters. The Morgan fingerprint density at radius 2 is 1.61 bits per heavy atom. The molecule has 1 amide bonds. The lowest BCUT2D eigenvalue weighted by Gasteiger charge is -2.22. The maximum atomic E-state index is 12.3. The first-order valence-electron chi connectivity index (χ1n) is 9.69. The van der Waals surface area contributed by atoms with E-state index in [0.717, 1.165) is 11.3 Å². The second-order valence-electron chi connectivity index (χ2n) is 6.57. The van der Waals surface area contributed by atoms with Crippen molar-refractivity contribution in [3.05, 3.63) is 71.3 Å². The van der Waals surface area contributed by atoms with Crippen LogP contribution in [0.5, 0.6) is 0 Å². The molecule has 0 spiro atoms. The SMILES string of the molecule is C/C(=N\NC(=O)/C(C#N)=C/c1ccc(N(CCC#N)CCC#N)cc1)c1ccccc1. The zero-order valence-electron chi connectivity index (χ0n) is 17.2. The van der Waals surface area contributed by atoms with Crippen LogP contribution in [0.15, 0.2) is 65.3 Å². The fourth-order valence-corrected chi connectivity index (χ4v) is 2.78. The van der Waals surface area contributed by atoms with Crippen molar-refractivity contribution in [2.75, 3.05) is 18.0 Å². The molecule has 0 aliphatic heterocycles. The highest BCUT2D eigenvalue weighted by Crippen LogP contribution is 2.18. The molecule has 154 valence electrons. The number of amides is 1. The van der Waals surface area contributed by atoms with Crippen molar-refractivity contribution >= 4 is 23.4 Å². The summed E-state index contributed by atoms with van der Waals surface area (Å²) in [7, 11) is 0. The largest absolute Gasteiger partial charge is 0.369 e. The molecule has 0 fully saturated rings. The zero-order chi connectivity index (χ0) is 22.5. The number of nitriles is 3. The third kappa shape index (κ3) is 7.16. The van der Waals surface area contributed by atoms with Gasteiger partial charge in [0.1, 0.15) is 11.6 Å². The minimum atomic E-state index is -0.591. The number of carbonyl (C=O) groups is 1. The van der Waals surface area contributed by atoms with Crippen LogP contribution in [-0.2, 0) is 4.79 Å². The number of hydrogen-bond donors (Lipinski definition) is 1. The molecule has 0 saturated heterocycles. The number of anilines is 1. The molecule has 0 heterocycles. The van der Waals surface area contributed by atoms with Gasteiger partial charge in [-0.25, -0.2) is 5.43 Å². The number of hydrogen-bond acceptors (Lipinski definition) is 6. The van der Waals surface area contributed by atoms with Crippen LogP contribution in [0, 0.1) is 34.0 Å². The molecular weight excluding hydrogens is 388 g/mol. The van der Waals surface area contributed by atoms with Crippen molar-refractivity contribution in [1.82, 2.24) is 5.43 Å². The van der Waals surface area contributed by atoms with Crippen LogP contribution < -0.4 is 10.3 Å². The van der Waals surface area contributed by atoms with Crippen LogP contribution in [0.25, 0.3) is 6.08 Å². The summed E-state index contributed by atoms with van der Waals surface area (Å²) < 4.78 is 0. The lowest BCUT2D eigenvalue weighted by atomic mass is 10.1. The van der Waals surface area contributed by atoms with Gasteiger partial charge < -0.3 is 4.90 Å². The summed E-state index contributed by atoms with van der Waals surface area (Å²) >= 11 is 0. The molecule has 2 aromatic carbocycles. The average Bonchev–Trinajstić information content (AvgIpc) is 2.82. The molecule has 0 aliphatic rings. The highest BCUT2D eigenvalue weighted by molar-refractivity contribution is 6.04. The molecular formula is C24H22N6O. The van der Waals surface area contributed by atoms with Crippen LogP contribution in [-0.4, -0.2) is 24.7 Å². The molecule has 2 aromatic rings. The molecule has 7 heteroatoms. The first-order valence-corrected chi connectivity index (χ1v) is 9.69. The zero-order valence-corrected chi connectivity index (χ0v) is 17.2. The van der Waals surface area contributed by atoms with Crippen LogP contribution in [0.2, 0.25) is 0 Å². The number of nitrogens with zero attached hydrogens (tertiary/aromatic N) is 5. The lowest BCUT2D eigenvalue weighted by Crippen LogP contribution is -2.25. The van der Waals surface area contributed by atoms with E-state index in [0.29, 0.717) is 37.2 Å². The topological polar surface area (TPSA) is 116 Å². The monoisotopic (exact) mass is 410 g/mol. The summed E-state index contributed by atoms with van der Waals surface area (Å²) in [6.45, 7) is 2.82. The Bertz CT molecular complexity index is 1050. The van der Waals surface area contributed by atoms with Crippen LogP contribution in [0.1, 0.15) is 30.9 Å². The van der Waals surface area contributed by atoms with E-state index in [4.69, 9.17) is 10.5 Å². The smallest absolute Gasteiger partial charge is 0.282 e. The Labute approximate surface area is 182 Å². The molecule has 31 heavy (non-hydrogen) atoms. The Balaban J connectivity index is 2.11. The third-order valence-electron chi connectivity index (χ3n) is 4.44. The van der Waals surface area contributed by atoms with Gasteiger partial charge in [-0.3, -0.25) is 4.79 Å². The van der Waals surface area contributed by atoms with Crippen LogP contribution in [0.3, 0.4) is 0 Å². The molecule has 1 N–H and O–H groups in total. The Morgan fingerprint density at radius 1 is 1.00 bits per heavy atom. The first kappa shape index (κ1) is 22.9. The van der Waals surface area contributed by atoms with Crippen molar-refractivity contribution in [3.63, 3.8) is 0 Å². The van der Waals surface area contributed by atoms with Crippen molar-refractivity contribution in [1.29, 1.82) is 15.8 Å². The van der Waals surface area contributed by atoms with E-state index < -0.39 is 5.91 Å². The van der Waals surface area contributed by atoms with Gasteiger partial charge in [0.2, 0.25) is 0 Å². The maximum Gasteiger partial charge on any atom is 0.282 e. The number of hydrazone groups is 1. The summed E-state index contributed by atoms with van der Waals surface area (Å²) in [5.41, 5.74) is 5.40. The lowest BCUT2D eigenvalue weighted by molar-refractivity contribution is -0.117. The average molecular weight is 410 g/mol. The van der Waals surface area contributed by atoms with Crippen molar-refractivity contribution in [2.45, 2.75) is 19.8 Å². The number of carbonyl (C=O) groups excluding carboxylic acids is 1. The summed E-state index contributed by atoms with van der Waals surface area (Å²) in [4.78, 5) is 14.3. The Hall–Kier alpha value is -4.41. The van der Waals surface area contributed by atoms with Gasteiger partial charge in [0.15, 0.2) is 0 Å². The van der Waals surface area contributed by atoms with E-state index in [1.165, 1.54) is 6.08 Å². The molecule has 0 aliphatic carbocycles. The van der Waals surface area contributed by atoms with Gasteiger partial charge in [0.05, 0.1) is 30.7 Å². The second kappa shape index (κ2) is 12.2. The van der Waals surface area contributed by atoms with Gasteiger partial charge in [0, 0.05) is 18.8 Å². The number of nitrogens with one attached hydrogen (secondary N) is 1. The van der Waals surface area contributed by atoms with Crippen molar-refractivity contribution in [3.8, 4) is 18.2 Å². The highest BCUT2D eigenvalue weighted by atomic mass is 16.2. The van der Waals surface area contributed by atoms with Gasteiger partial charge in [0.25, 0.3) is 5.91 Å². The van der Waals surface area contributed by atoms with E-state index in [-0.39, 0.29) is 5.57 Å². The van der Waals surface area contributed by atoms with Gasteiger partial charge in [-0.15, -0.1) is 0 Å². The van der Waals surface area contributed by atoms with E-state index in [2.05, 4.69) is 22.7 Å². The number of benzene rings is 2. The summed E-state index contributed by atoms with van der Waals surface area (Å²) in [5, 5.41) is 31.1. The Morgan fingerprint density at radius 3 is 2.16 bits per heavy atom. The molecule has 2 rings (SSSR count). The van der Waals surface area contributed by atoms with Crippen molar-refractivity contribution in [2.24, 2.45) is 5.10 Å². The first-order chi connectivity index (χ1) is 15.1. The maximum absolute atomic E-state index is 12.3. The molecule has 0 radical (unpaired) electrons. The van der Waals surface area contributed by atoms with Gasteiger partial charge in [-0.05, 0) is 36.3 Å². The standard InChI is InChI=1S/C24H22N6O/c1-19(21-7-3-2-4-8-21)28-29-24(31)22(18-27)17-20-9-11-23(12-10-20)30(15-5-13-25)16-6-14-26/h2-4,7-12,17H,5-6,15-16H2,1H3,(H,29,31)/b22-17+,28-19+. The van der Waals surface area contributed by atoms with Gasteiger partial charge in [-0.1, -0.05) is 42.5 Å². The summed E-state index contributed by atoms with van der Waals surface area (Å²) in [5.74, 6) is -0.591. The Kier molecular flexibility index (Phi) is 9.01. The summed E-state index contributed by atoms with van der Waals surface area (Å²) in [6.07, 6.45) is 2.20. The van der Waals surface area contributed by atoms with Crippen LogP contribution in [0.4, 0.5) is 5.69 Å². The minimum Gasteiger partial charge on any atom is -0.369 e. The second-order valence-corrected chi connectivity index (χ2v) is 6.57. The van der Waals surface area contributed by atoms with Gasteiger partial charge >= 0.3 is 0 Å². The van der Waals surface area contributed by atoms with E-state index in [1.54, 1.807) is 19.1 Å². The molecule has 0 saturated carbocycles. The number of rotatable bonds is 9. The van der Waals surface area contributed by atoms with E-state index in [1.807, 2.05) is 53.4 Å². The van der Waals surface area contributed by atoms with E-state index >= 15 is 0 Å². The highest BCUT2D eigenvalue weighted by Gasteiger charge is 2.10. The quantitative estimate of drug-likeness (QED) is 0.292. The fraction of sp³-hybridized carbons (Fsp3) is 0.208. The fourth-order valence-electron chi connectivity index (χ4n) is 2.78.